The van der Waals surface area contributed by atoms with Crippen LogP contribution in [-0.4, -0.2) is 75.1 Å². The molecule has 0 fully saturated rings. The number of hydrogen-bond acceptors (Lipinski definition) is 6. The van der Waals surface area contributed by atoms with Gasteiger partial charge in [0.1, 0.15) is 5.75 Å². The molecule has 52 heavy (non-hydrogen) atoms. The van der Waals surface area contributed by atoms with Crippen molar-refractivity contribution >= 4 is 40.1 Å². The van der Waals surface area contributed by atoms with E-state index in [1.54, 1.807) is 0 Å². The quantitative estimate of drug-likeness (QED) is 0.0522. The van der Waals surface area contributed by atoms with Crippen molar-refractivity contribution in [2.75, 3.05) is 26.2 Å². The Kier molecular flexibility index (Phi) is 21.1. The van der Waals surface area contributed by atoms with Gasteiger partial charge in [-0.25, -0.2) is 4.79 Å². The van der Waals surface area contributed by atoms with E-state index < -0.39 is 36.4 Å². The average molecular weight is 738 g/mol. The zero-order valence-corrected chi connectivity index (χ0v) is 31.4. The molecule has 0 aliphatic rings. The van der Waals surface area contributed by atoms with Crippen LogP contribution in [0.2, 0.25) is 0 Å². The van der Waals surface area contributed by atoms with Gasteiger partial charge in [0.2, 0.25) is 0 Å². The molecule has 0 amide bonds. The lowest BCUT2D eigenvalue weighted by atomic mass is 9.95. The first-order valence-electron chi connectivity index (χ1n) is 18.4. The lowest BCUT2D eigenvalue weighted by Gasteiger charge is -2.18. The number of nitrogens with zero attached hydrogens (tertiary/aromatic N) is 1. The Bertz CT molecular complexity index is 1480. The Morgan fingerprint density at radius 2 is 1.04 bits per heavy atom. The molecular weight excluding hydrogens is 682 g/mol. The van der Waals surface area contributed by atoms with Gasteiger partial charge in [-0.15, -0.1) is 0 Å². The van der Waals surface area contributed by atoms with E-state index in [1.807, 2.05) is 24.3 Å². The number of carboxylic acid groups (broad SMARTS) is 3. The number of hydrogen-bond donors (Lipinski definition) is 4. The van der Waals surface area contributed by atoms with E-state index in [9.17, 15) is 14.4 Å². The van der Waals surface area contributed by atoms with Crippen molar-refractivity contribution in [1.29, 1.82) is 0 Å². The van der Waals surface area contributed by atoms with Crippen LogP contribution in [0, 0.1) is 0 Å². The second-order valence-corrected chi connectivity index (χ2v) is 13.2. The van der Waals surface area contributed by atoms with E-state index in [4.69, 9.17) is 36.8 Å². The summed E-state index contributed by atoms with van der Waals surface area (Å²) < 4.78 is 6.05. The standard InChI is InChI=1S/C36H48ClNO.C6H8O7/c1-3-38(4-2)29-19-11-9-7-5-6-8-10-12-20-30-39-34-27-25-32(26-28-34)35(31-21-15-13-16-22-31)36(37)33-23-17-14-18-24-33;7-3(8)1-6(13,5(11)12)2-4(9)10/h13-18,21-28H,3-12,19-20,29-30H2,1-2H3;13H,1-2H2,(H,7,8)(H,9,10)(H,11,12)/b36-35+;. The molecule has 0 saturated carbocycles. The predicted molar refractivity (Wildman–Crippen MR) is 208 cm³/mol. The molecule has 10 heteroatoms. The van der Waals surface area contributed by atoms with Gasteiger partial charge < -0.3 is 30.1 Å². The van der Waals surface area contributed by atoms with Gasteiger partial charge in [0.25, 0.3) is 0 Å². The highest BCUT2D eigenvalue weighted by atomic mass is 35.5. The Balaban J connectivity index is 0.000000612. The van der Waals surface area contributed by atoms with Crippen LogP contribution in [-0.2, 0) is 14.4 Å². The lowest BCUT2D eigenvalue weighted by molar-refractivity contribution is -0.170. The van der Waals surface area contributed by atoms with Crippen LogP contribution in [0.1, 0.15) is 108 Å². The van der Waals surface area contributed by atoms with Gasteiger partial charge in [0, 0.05) is 5.57 Å². The molecular formula is C42H56ClNO8. The summed E-state index contributed by atoms with van der Waals surface area (Å²) in [7, 11) is 0. The Hall–Kier alpha value is -4.18. The lowest BCUT2D eigenvalue weighted by Crippen LogP contribution is -2.42. The molecule has 284 valence electrons. The summed E-state index contributed by atoms with van der Waals surface area (Å²) in [4.78, 5) is 33.0. The van der Waals surface area contributed by atoms with Crippen LogP contribution in [0.15, 0.2) is 84.9 Å². The Labute approximate surface area is 313 Å². The summed E-state index contributed by atoms with van der Waals surface area (Å²) in [6.45, 7) is 8.94. The van der Waals surface area contributed by atoms with Crippen molar-refractivity contribution in [3.63, 3.8) is 0 Å². The molecule has 9 nitrogen and oxygen atoms in total. The maximum atomic E-state index is 10.3. The molecule has 0 bridgehead atoms. The fourth-order valence-corrected chi connectivity index (χ4v) is 6.11. The number of halogens is 1. The molecule has 0 radical (unpaired) electrons. The van der Waals surface area contributed by atoms with Gasteiger partial charge in [0.05, 0.1) is 24.5 Å². The second kappa shape index (κ2) is 24.9. The first kappa shape index (κ1) is 44.0. The third-order valence-corrected chi connectivity index (χ3v) is 9.18. The summed E-state index contributed by atoms with van der Waals surface area (Å²) in [5, 5.41) is 34.6. The number of unbranched alkanes of at least 4 members (excludes halogenated alkanes) is 9. The Morgan fingerprint density at radius 1 is 0.615 bits per heavy atom. The fraction of sp³-hybridized carbons (Fsp3) is 0.452. The topological polar surface area (TPSA) is 145 Å². The van der Waals surface area contributed by atoms with Crippen molar-refractivity contribution in [3.8, 4) is 5.75 Å². The summed E-state index contributed by atoms with van der Waals surface area (Å²) in [6.07, 6.45) is 11.0. The second-order valence-electron chi connectivity index (χ2n) is 12.8. The van der Waals surface area contributed by atoms with E-state index in [0.717, 1.165) is 46.1 Å². The SMILES string of the molecule is CCN(CC)CCCCCCCCCCCCOc1ccc(/C(=C(/Cl)c2ccccc2)c2ccccc2)cc1.O=C(O)CC(O)(CC(=O)O)C(=O)O. The van der Waals surface area contributed by atoms with Crippen LogP contribution < -0.4 is 4.74 Å². The molecule has 0 spiro atoms. The van der Waals surface area contributed by atoms with Crippen LogP contribution in [0.3, 0.4) is 0 Å². The van der Waals surface area contributed by atoms with Crippen molar-refractivity contribution in [2.45, 2.75) is 96.5 Å². The smallest absolute Gasteiger partial charge is 0.336 e. The molecule has 0 saturated heterocycles. The van der Waals surface area contributed by atoms with Crippen LogP contribution in [0.4, 0.5) is 0 Å². The first-order valence-corrected chi connectivity index (χ1v) is 18.7. The number of benzene rings is 3. The minimum Gasteiger partial charge on any atom is -0.494 e. The number of rotatable bonds is 24. The van der Waals surface area contributed by atoms with E-state index in [2.05, 4.69) is 79.4 Å². The zero-order valence-electron chi connectivity index (χ0n) is 30.6. The number of carboxylic acids is 3. The number of aliphatic carboxylic acids is 3. The van der Waals surface area contributed by atoms with Crippen molar-refractivity contribution in [2.24, 2.45) is 0 Å². The Morgan fingerprint density at radius 3 is 1.48 bits per heavy atom. The van der Waals surface area contributed by atoms with E-state index in [-0.39, 0.29) is 0 Å². The molecule has 0 atom stereocenters. The third-order valence-electron chi connectivity index (χ3n) is 8.77. The fourth-order valence-electron chi connectivity index (χ4n) is 5.77. The highest BCUT2D eigenvalue weighted by Gasteiger charge is 2.40. The average Bonchev–Trinajstić information content (AvgIpc) is 3.13. The molecule has 0 aromatic heterocycles. The predicted octanol–water partition coefficient (Wildman–Crippen LogP) is 9.22. The number of carbonyl (C=O) groups is 3. The maximum Gasteiger partial charge on any atom is 0.336 e. The van der Waals surface area contributed by atoms with E-state index in [1.165, 1.54) is 77.4 Å². The van der Waals surface area contributed by atoms with Crippen LogP contribution in [0.25, 0.3) is 10.6 Å². The van der Waals surface area contributed by atoms with E-state index >= 15 is 0 Å². The third kappa shape index (κ3) is 16.9. The molecule has 0 unspecified atom stereocenters. The minimum absolute atomic E-state index is 0.755. The zero-order chi connectivity index (χ0) is 38.2. The largest absolute Gasteiger partial charge is 0.494 e. The van der Waals surface area contributed by atoms with Gasteiger partial charge in [-0.05, 0) is 61.3 Å². The van der Waals surface area contributed by atoms with Crippen LogP contribution in [0.5, 0.6) is 5.75 Å². The molecule has 0 aliphatic heterocycles. The van der Waals surface area contributed by atoms with Crippen molar-refractivity contribution in [1.82, 2.24) is 4.90 Å². The highest BCUT2D eigenvalue weighted by molar-refractivity contribution is 6.53. The molecule has 0 heterocycles. The summed E-state index contributed by atoms with van der Waals surface area (Å²) in [5.41, 5.74) is 1.51. The van der Waals surface area contributed by atoms with Gasteiger partial charge in [-0.2, -0.15) is 0 Å². The molecule has 0 aliphatic carbocycles. The molecule has 3 aromatic rings. The molecule has 3 aromatic carbocycles. The number of aliphatic hydroxyl groups is 1. The highest BCUT2D eigenvalue weighted by Crippen LogP contribution is 2.35. The van der Waals surface area contributed by atoms with Gasteiger partial charge in [0.15, 0.2) is 5.60 Å². The van der Waals surface area contributed by atoms with Crippen molar-refractivity contribution in [3.05, 3.63) is 102 Å². The molecule has 4 N–H and O–H groups in total. The van der Waals surface area contributed by atoms with Crippen molar-refractivity contribution < 1.29 is 39.5 Å². The summed E-state index contributed by atoms with van der Waals surface area (Å²) in [6, 6.07) is 28.9. The normalized spacial score (nSPS) is 11.7. The monoisotopic (exact) mass is 737 g/mol. The van der Waals surface area contributed by atoms with Gasteiger partial charge >= 0.3 is 17.9 Å². The summed E-state index contributed by atoms with van der Waals surface area (Å²) >= 11 is 6.94. The van der Waals surface area contributed by atoms with Crippen LogP contribution >= 0.6 is 11.6 Å². The van der Waals surface area contributed by atoms with Gasteiger partial charge in [-0.1, -0.05) is 150 Å². The van der Waals surface area contributed by atoms with E-state index in [0.29, 0.717) is 0 Å². The maximum absolute atomic E-state index is 10.3. The molecule has 3 rings (SSSR count). The first-order chi connectivity index (χ1) is 25.0. The summed E-state index contributed by atoms with van der Waals surface area (Å²) in [5.74, 6) is -4.10. The van der Waals surface area contributed by atoms with Gasteiger partial charge in [-0.3, -0.25) is 9.59 Å². The number of ether oxygens (including phenoxy) is 1. The minimum atomic E-state index is -2.74.